The zero-order valence-electron chi connectivity index (χ0n) is 17.9. The van der Waals surface area contributed by atoms with E-state index in [1.165, 1.54) is 10.6 Å². The fraction of sp³-hybridized carbons (Fsp3) is 0.0385. The van der Waals surface area contributed by atoms with Crippen molar-refractivity contribution in [3.63, 3.8) is 0 Å². The summed E-state index contributed by atoms with van der Waals surface area (Å²) in [6, 6.07) is 27.9. The minimum atomic E-state index is -1.12. The van der Waals surface area contributed by atoms with E-state index in [9.17, 15) is 9.90 Å². The molecule has 0 aliphatic rings. The molecule has 0 aliphatic carbocycles. The number of nitrogens with zero attached hydrogens (tertiary/aromatic N) is 3. The molecule has 34 heavy (non-hydrogen) atoms. The number of anilines is 1. The van der Waals surface area contributed by atoms with Crippen LogP contribution >= 0.6 is 11.6 Å². The van der Waals surface area contributed by atoms with Gasteiger partial charge in [-0.2, -0.15) is 9.61 Å². The van der Waals surface area contributed by atoms with E-state index in [0.717, 1.165) is 16.9 Å². The van der Waals surface area contributed by atoms with Crippen molar-refractivity contribution in [2.45, 2.75) is 6.54 Å². The molecule has 168 valence electrons. The van der Waals surface area contributed by atoms with E-state index in [0.29, 0.717) is 34.5 Å². The maximum absolute atomic E-state index is 11.5. The monoisotopic (exact) mass is 470 g/mol. The molecule has 5 aromatic rings. The fourth-order valence-corrected chi connectivity index (χ4v) is 3.70. The first-order chi connectivity index (χ1) is 16.6. The summed E-state index contributed by atoms with van der Waals surface area (Å²) in [7, 11) is 0. The number of aromatic carboxylic acids is 1. The molecule has 0 saturated heterocycles. The summed E-state index contributed by atoms with van der Waals surface area (Å²) >= 11 is 6.29. The number of benzene rings is 3. The Morgan fingerprint density at radius 1 is 0.941 bits per heavy atom. The van der Waals surface area contributed by atoms with Crippen LogP contribution in [0, 0.1) is 0 Å². The molecule has 5 rings (SSSR count). The SMILES string of the molecule is O=C(O)c1cc2nc(-c3ccc(Oc4ccccc4)cc3)cc(NCc3ccccc3Cl)n2n1. The van der Waals surface area contributed by atoms with Crippen LogP contribution < -0.4 is 10.1 Å². The highest BCUT2D eigenvalue weighted by Gasteiger charge is 2.15. The Morgan fingerprint density at radius 2 is 1.65 bits per heavy atom. The Balaban J connectivity index is 1.48. The highest BCUT2D eigenvalue weighted by molar-refractivity contribution is 6.31. The molecule has 8 heteroatoms. The van der Waals surface area contributed by atoms with E-state index < -0.39 is 5.97 Å². The van der Waals surface area contributed by atoms with Crippen LogP contribution in [-0.4, -0.2) is 25.7 Å². The van der Waals surface area contributed by atoms with Gasteiger partial charge in [-0.1, -0.05) is 48.0 Å². The van der Waals surface area contributed by atoms with E-state index in [1.54, 1.807) is 0 Å². The molecule has 0 atom stereocenters. The fourth-order valence-electron chi connectivity index (χ4n) is 3.50. The molecule has 2 N–H and O–H groups in total. The lowest BCUT2D eigenvalue weighted by molar-refractivity contribution is 0.0690. The van der Waals surface area contributed by atoms with Crippen molar-refractivity contribution in [2.24, 2.45) is 0 Å². The van der Waals surface area contributed by atoms with Gasteiger partial charge < -0.3 is 15.2 Å². The molecule has 2 heterocycles. The average Bonchev–Trinajstić information content (AvgIpc) is 3.29. The molecule has 0 amide bonds. The van der Waals surface area contributed by atoms with Gasteiger partial charge in [0.05, 0.1) is 5.69 Å². The predicted octanol–water partition coefficient (Wildman–Crippen LogP) is 6.15. The number of hydrogen-bond donors (Lipinski definition) is 2. The van der Waals surface area contributed by atoms with Crippen molar-refractivity contribution in [3.8, 4) is 22.8 Å². The number of ether oxygens (including phenoxy) is 1. The van der Waals surface area contributed by atoms with Crippen molar-refractivity contribution in [2.75, 3.05) is 5.32 Å². The van der Waals surface area contributed by atoms with E-state index in [-0.39, 0.29) is 5.69 Å². The molecule has 0 aliphatic heterocycles. The van der Waals surface area contributed by atoms with Gasteiger partial charge in [0.2, 0.25) is 0 Å². The summed E-state index contributed by atoms with van der Waals surface area (Å²) in [4.78, 5) is 16.1. The second-order valence-corrected chi connectivity index (χ2v) is 7.92. The van der Waals surface area contributed by atoms with Gasteiger partial charge in [-0.25, -0.2) is 9.78 Å². The van der Waals surface area contributed by atoms with E-state index in [2.05, 4.69) is 15.4 Å². The number of hydrogen-bond acceptors (Lipinski definition) is 5. The number of carbonyl (C=O) groups is 1. The maximum Gasteiger partial charge on any atom is 0.356 e. The van der Waals surface area contributed by atoms with Crippen LogP contribution in [0.3, 0.4) is 0 Å². The van der Waals surface area contributed by atoms with Crippen LogP contribution in [0.1, 0.15) is 16.1 Å². The quantitative estimate of drug-likeness (QED) is 0.296. The third-order valence-corrected chi connectivity index (χ3v) is 5.56. The topological polar surface area (TPSA) is 88.8 Å². The van der Waals surface area contributed by atoms with E-state index >= 15 is 0 Å². The van der Waals surface area contributed by atoms with Crippen molar-refractivity contribution in [3.05, 3.63) is 107 Å². The van der Waals surface area contributed by atoms with Gasteiger partial charge >= 0.3 is 5.97 Å². The molecule has 0 bridgehead atoms. The lowest BCUT2D eigenvalue weighted by Crippen LogP contribution is -2.07. The Kier molecular flexibility index (Phi) is 5.84. The molecule has 0 spiro atoms. The number of rotatable bonds is 7. The number of carboxylic acid groups (broad SMARTS) is 1. The third kappa shape index (κ3) is 4.55. The Labute approximate surface area is 200 Å². The molecule has 0 fully saturated rings. The van der Waals surface area contributed by atoms with Gasteiger partial charge in [-0.15, -0.1) is 0 Å². The van der Waals surface area contributed by atoms with Crippen LogP contribution in [0.4, 0.5) is 5.82 Å². The van der Waals surface area contributed by atoms with Crippen molar-refractivity contribution >= 4 is 29.0 Å². The summed E-state index contributed by atoms with van der Waals surface area (Å²) < 4.78 is 7.35. The largest absolute Gasteiger partial charge is 0.476 e. The van der Waals surface area contributed by atoms with Gasteiger partial charge in [-0.05, 0) is 48.0 Å². The summed E-state index contributed by atoms with van der Waals surface area (Å²) in [6.45, 7) is 0.435. The summed E-state index contributed by atoms with van der Waals surface area (Å²) in [5.41, 5.74) is 2.75. The van der Waals surface area contributed by atoms with Crippen molar-refractivity contribution in [1.29, 1.82) is 0 Å². The molecule has 2 aromatic heterocycles. The van der Waals surface area contributed by atoms with Gasteiger partial charge in [-0.3, -0.25) is 0 Å². The minimum absolute atomic E-state index is 0.0861. The first kappa shape index (κ1) is 21.5. The van der Waals surface area contributed by atoms with Crippen LogP contribution in [0.5, 0.6) is 11.5 Å². The van der Waals surface area contributed by atoms with Gasteiger partial charge in [0.15, 0.2) is 11.3 Å². The molecule has 0 unspecified atom stereocenters. The second-order valence-electron chi connectivity index (χ2n) is 7.52. The number of carboxylic acids is 1. The maximum atomic E-state index is 11.5. The highest BCUT2D eigenvalue weighted by Crippen LogP contribution is 2.27. The zero-order valence-corrected chi connectivity index (χ0v) is 18.6. The second kappa shape index (κ2) is 9.25. The van der Waals surface area contributed by atoms with Crippen LogP contribution in [0.25, 0.3) is 16.9 Å². The normalized spacial score (nSPS) is 10.9. The van der Waals surface area contributed by atoms with E-state index in [1.807, 2.05) is 84.9 Å². The average molecular weight is 471 g/mol. The summed E-state index contributed by atoms with van der Waals surface area (Å²) in [6.07, 6.45) is 0. The standard InChI is InChI=1S/C26H19ClN4O3/c27-21-9-5-4-6-18(21)16-28-24-14-22(29-25-15-23(26(32)33)30-31(24)25)17-10-12-20(13-11-17)34-19-7-2-1-3-8-19/h1-15,28H,16H2,(H,32,33). The summed E-state index contributed by atoms with van der Waals surface area (Å²) in [5, 5.41) is 17.5. The van der Waals surface area contributed by atoms with Gasteiger partial charge in [0.25, 0.3) is 0 Å². The third-order valence-electron chi connectivity index (χ3n) is 5.19. The molecular weight excluding hydrogens is 452 g/mol. The Hall–Kier alpha value is -4.36. The minimum Gasteiger partial charge on any atom is -0.476 e. The van der Waals surface area contributed by atoms with Crippen LogP contribution in [-0.2, 0) is 6.54 Å². The van der Waals surface area contributed by atoms with Gasteiger partial charge in [0, 0.05) is 29.3 Å². The van der Waals surface area contributed by atoms with Crippen molar-refractivity contribution < 1.29 is 14.6 Å². The first-order valence-electron chi connectivity index (χ1n) is 10.5. The van der Waals surface area contributed by atoms with E-state index in [4.69, 9.17) is 16.3 Å². The number of halogens is 1. The number of nitrogens with one attached hydrogen (secondary N) is 1. The predicted molar refractivity (Wildman–Crippen MR) is 131 cm³/mol. The van der Waals surface area contributed by atoms with Crippen molar-refractivity contribution in [1.82, 2.24) is 14.6 Å². The molecule has 3 aromatic carbocycles. The highest BCUT2D eigenvalue weighted by atomic mass is 35.5. The lowest BCUT2D eigenvalue weighted by Gasteiger charge is -2.12. The first-order valence-corrected chi connectivity index (χ1v) is 10.9. The molecular formula is C26H19ClN4O3. The number of aromatic nitrogens is 3. The molecule has 7 nitrogen and oxygen atoms in total. The number of fused-ring (bicyclic) bond motifs is 1. The molecule has 0 radical (unpaired) electrons. The lowest BCUT2D eigenvalue weighted by atomic mass is 10.1. The van der Waals surface area contributed by atoms with Crippen LogP contribution in [0.15, 0.2) is 91.0 Å². The Morgan fingerprint density at radius 3 is 2.38 bits per heavy atom. The number of para-hydroxylation sites is 1. The molecule has 0 saturated carbocycles. The Bertz CT molecular complexity index is 1470. The zero-order chi connectivity index (χ0) is 23.5. The summed E-state index contributed by atoms with van der Waals surface area (Å²) in [5.74, 6) is 0.926. The smallest absolute Gasteiger partial charge is 0.356 e. The van der Waals surface area contributed by atoms with Crippen LogP contribution in [0.2, 0.25) is 5.02 Å². The van der Waals surface area contributed by atoms with Gasteiger partial charge in [0.1, 0.15) is 17.3 Å².